The number of rotatable bonds is 4. The van der Waals surface area contributed by atoms with E-state index in [2.05, 4.69) is 5.32 Å². The highest BCUT2D eigenvalue weighted by Crippen LogP contribution is 2.35. The molecule has 8 nitrogen and oxygen atoms in total. The number of urea groups is 1. The summed E-state index contributed by atoms with van der Waals surface area (Å²) in [4.78, 5) is 41.1. The molecule has 4 aliphatic rings. The normalized spacial score (nSPS) is 25.2. The molecule has 29 heavy (non-hydrogen) atoms. The number of hydrogen-bond donors (Lipinski definition) is 1. The number of nitrogens with zero attached hydrogens (tertiary/aromatic N) is 2. The van der Waals surface area contributed by atoms with Crippen molar-refractivity contribution in [1.29, 1.82) is 0 Å². The molecule has 1 spiro atoms. The Morgan fingerprint density at radius 2 is 1.93 bits per heavy atom. The first-order valence-corrected chi connectivity index (χ1v) is 11.1. The van der Waals surface area contributed by atoms with Gasteiger partial charge in [-0.15, -0.1) is 0 Å². The summed E-state index contributed by atoms with van der Waals surface area (Å²) in [5.74, 6) is 3.05. The Bertz CT molecular complexity index is 870. The molecule has 0 radical (unpaired) electrons. The van der Waals surface area contributed by atoms with Crippen molar-refractivity contribution in [2.75, 3.05) is 31.4 Å². The molecule has 4 amide bonds. The van der Waals surface area contributed by atoms with Gasteiger partial charge in [0.05, 0.1) is 0 Å². The van der Waals surface area contributed by atoms with E-state index in [-0.39, 0.29) is 30.6 Å². The number of likely N-dealkylation sites (tertiary alicyclic amines) is 1. The molecule has 4 aliphatic heterocycles. The molecule has 4 heterocycles. The standard InChI is InChI=1S/C20H23N3O5S/c24-17-8-14(10-22(17)9-13-1-2-15-16(7-13)28-12-27-15)11-23-18(25)20(21-19(23)26)3-5-29-6-4-20/h1-2,7,14H,3-6,8-12H2,(H,21,26). The topological polar surface area (TPSA) is 88.2 Å². The molecule has 0 aliphatic carbocycles. The maximum Gasteiger partial charge on any atom is 0.325 e. The van der Waals surface area contributed by atoms with Gasteiger partial charge in [-0.1, -0.05) is 6.07 Å². The average Bonchev–Trinajstić information content (AvgIpc) is 3.37. The van der Waals surface area contributed by atoms with Gasteiger partial charge in [-0.05, 0) is 42.0 Å². The van der Waals surface area contributed by atoms with Crippen molar-refractivity contribution < 1.29 is 23.9 Å². The van der Waals surface area contributed by atoms with Gasteiger partial charge in [-0.3, -0.25) is 14.5 Å². The minimum absolute atomic E-state index is 0.0423. The predicted octanol–water partition coefficient (Wildman–Crippen LogP) is 1.58. The minimum atomic E-state index is -0.725. The van der Waals surface area contributed by atoms with E-state index < -0.39 is 5.54 Å². The maximum absolute atomic E-state index is 13.0. The Kier molecular flexibility index (Phi) is 4.57. The monoisotopic (exact) mass is 417 g/mol. The van der Waals surface area contributed by atoms with Gasteiger partial charge >= 0.3 is 6.03 Å². The van der Waals surface area contributed by atoms with Crippen molar-refractivity contribution in [3.8, 4) is 11.5 Å². The van der Waals surface area contributed by atoms with E-state index in [0.29, 0.717) is 50.4 Å². The minimum Gasteiger partial charge on any atom is -0.454 e. The number of benzene rings is 1. The number of hydrogen-bond acceptors (Lipinski definition) is 6. The number of amides is 4. The van der Waals surface area contributed by atoms with Gasteiger partial charge in [-0.2, -0.15) is 11.8 Å². The first kappa shape index (κ1) is 18.6. The van der Waals surface area contributed by atoms with Crippen LogP contribution in [0.25, 0.3) is 0 Å². The molecule has 1 atom stereocenters. The van der Waals surface area contributed by atoms with E-state index in [1.165, 1.54) is 4.90 Å². The number of imide groups is 1. The molecule has 1 aromatic rings. The molecule has 154 valence electrons. The molecular formula is C20H23N3O5S. The number of carbonyl (C=O) groups excluding carboxylic acids is 3. The summed E-state index contributed by atoms with van der Waals surface area (Å²) < 4.78 is 10.7. The fourth-order valence-corrected chi connectivity index (χ4v) is 5.74. The highest BCUT2D eigenvalue weighted by molar-refractivity contribution is 7.99. The zero-order valence-corrected chi connectivity index (χ0v) is 16.8. The van der Waals surface area contributed by atoms with Crippen LogP contribution in [-0.2, 0) is 16.1 Å². The van der Waals surface area contributed by atoms with Crippen LogP contribution in [0, 0.1) is 5.92 Å². The van der Waals surface area contributed by atoms with Crippen molar-refractivity contribution in [3.05, 3.63) is 23.8 Å². The Labute approximate surface area is 172 Å². The van der Waals surface area contributed by atoms with E-state index in [1.807, 2.05) is 30.0 Å². The van der Waals surface area contributed by atoms with Crippen molar-refractivity contribution in [3.63, 3.8) is 0 Å². The molecule has 1 aromatic carbocycles. The second-order valence-electron chi connectivity index (χ2n) is 8.07. The molecule has 0 aromatic heterocycles. The zero-order valence-electron chi connectivity index (χ0n) is 16.0. The number of ether oxygens (including phenoxy) is 2. The summed E-state index contributed by atoms with van der Waals surface area (Å²) in [5, 5.41) is 2.93. The van der Waals surface area contributed by atoms with E-state index in [0.717, 1.165) is 17.1 Å². The SMILES string of the molecule is O=C1CC(CN2C(=O)NC3(CCSCC3)C2=O)CN1Cc1ccc2c(c1)OCO2. The van der Waals surface area contributed by atoms with Crippen LogP contribution in [0.4, 0.5) is 4.79 Å². The summed E-state index contributed by atoms with van der Waals surface area (Å²) in [7, 11) is 0. The molecule has 9 heteroatoms. The lowest BCUT2D eigenvalue weighted by Gasteiger charge is -2.30. The summed E-state index contributed by atoms with van der Waals surface area (Å²) in [6, 6.07) is 5.36. The predicted molar refractivity (Wildman–Crippen MR) is 106 cm³/mol. The molecule has 1 unspecified atom stereocenters. The largest absolute Gasteiger partial charge is 0.454 e. The zero-order chi connectivity index (χ0) is 20.0. The summed E-state index contributed by atoms with van der Waals surface area (Å²) in [5.41, 5.74) is 0.244. The molecule has 5 rings (SSSR count). The van der Waals surface area contributed by atoms with Crippen LogP contribution >= 0.6 is 11.8 Å². The van der Waals surface area contributed by atoms with Crippen molar-refractivity contribution in [1.82, 2.24) is 15.1 Å². The van der Waals surface area contributed by atoms with Crippen LogP contribution in [0.15, 0.2) is 18.2 Å². The Balaban J connectivity index is 1.23. The van der Waals surface area contributed by atoms with E-state index in [9.17, 15) is 14.4 Å². The Morgan fingerprint density at radius 1 is 1.14 bits per heavy atom. The van der Waals surface area contributed by atoms with Gasteiger partial charge in [0.25, 0.3) is 5.91 Å². The first-order valence-electron chi connectivity index (χ1n) is 9.92. The number of carbonyl (C=O) groups is 3. The maximum atomic E-state index is 13.0. The summed E-state index contributed by atoms with van der Waals surface area (Å²) in [6.45, 7) is 1.53. The van der Waals surface area contributed by atoms with E-state index in [1.54, 1.807) is 4.90 Å². The van der Waals surface area contributed by atoms with E-state index >= 15 is 0 Å². The highest BCUT2D eigenvalue weighted by atomic mass is 32.2. The van der Waals surface area contributed by atoms with Gasteiger partial charge in [0.2, 0.25) is 12.7 Å². The van der Waals surface area contributed by atoms with Gasteiger partial charge in [-0.25, -0.2) is 4.79 Å². The fraction of sp³-hybridized carbons (Fsp3) is 0.550. The third kappa shape index (κ3) is 3.31. The quantitative estimate of drug-likeness (QED) is 0.749. The van der Waals surface area contributed by atoms with Crippen LogP contribution in [0.2, 0.25) is 0 Å². The number of thioether (sulfide) groups is 1. The summed E-state index contributed by atoms with van der Waals surface area (Å²) in [6.07, 6.45) is 1.71. The van der Waals surface area contributed by atoms with Crippen LogP contribution in [0.5, 0.6) is 11.5 Å². The van der Waals surface area contributed by atoms with E-state index in [4.69, 9.17) is 9.47 Å². The smallest absolute Gasteiger partial charge is 0.325 e. The van der Waals surface area contributed by atoms with Crippen LogP contribution < -0.4 is 14.8 Å². The summed E-state index contributed by atoms with van der Waals surface area (Å²) >= 11 is 1.81. The van der Waals surface area contributed by atoms with Crippen molar-refractivity contribution >= 4 is 29.6 Å². The van der Waals surface area contributed by atoms with Gasteiger partial charge in [0, 0.05) is 32.0 Å². The van der Waals surface area contributed by atoms with Crippen molar-refractivity contribution in [2.24, 2.45) is 5.92 Å². The Hall–Kier alpha value is -2.42. The third-order valence-corrected chi connectivity index (χ3v) is 7.12. The Morgan fingerprint density at radius 3 is 2.76 bits per heavy atom. The lowest BCUT2D eigenvalue weighted by atomic mass is 9.92. The van der Waals surface area contributed by atoms with Crippen LogP contribution in [-0.4, -0.2) is 64.6 Å². The second kappa shape index (κ2) is 7.12. The molecule has 1 N–H and O–H groups in total. The molecule has 0 saturated carbocycles. The van der Waals surface area contributed by atoms with Gasteiger partial charge in [0.15, 0.2) is 11.5 Å². The highest BCUT2D eigenvalue weighted by Gasteiger charge is 2.52. The third-order valence-electron chi connectivity index (χ3n) is 6.14. The molecule has 0 bridgehead atoms. The lowest BCUT2D eigenvalue weighted by Crippen LogP contribution is -2.49. The van der Waals surface area contributed by atoms with Crippen molar-refractivity contribution in [2.45, 2.75) is 31.3 Å². The number of nitrogens with one attached hydrogen (secondary N) is 1. The van der Waals surface area contributed by atoms with Gasteiger partial charge < -0.3 is 19.7 Å². The average molecular weight is 417 g/mol. The molecular weight excluding hydrogens is 394 g/mol. The second-order valence-corrected chi connectivity index (χ2v) is 9.30. The van der Waals surface area contributed by atoms with Crippen LogP contribution in [0.3, 0.4) is 0 Å². The number of fused-ring (bicyclic) bond motifs is 1. The lowest BCUT2D eigenvalue weighted by molar-refractivity contribution is -0.132. The molecule has 3 saturated heterocycles. The molecule has 3 fully saturated rings. The first-order chi connectivity index (χ1) is 14.0. The fourth-order valence-electron chi connectivity index (χ4n) is 4.55. The van der Waals surface area contributed by atoms with Gasteiger partial charge in [0.1, 0.15) is 5.54 Å². The van der Waals surface area contributed by atoms with Crippen LogP contribution in [0.1, 0.15) is 24.8 Å².